The van der Waals surface area contributed by atoms with Gasteiger partial charge in [-0.1, -0.05) is 0 Å². The molecular weight excluding hydrogens is 216 g/mol. The Bertz CT molecular complexity index is 363. The van der Waals surface area contributed by atoms with Crippen LogP contribution in [0.4, 0.5) is 5.95 Å². The molecule has 1 heterocycles. The number of ether oxygens (including phenoxy) is 1. The van der Waals surface area contributed by atoms with Crippen molar-refractivity contribution in [2.24, 2.45) is 5.92 Å². The van der Waals surface area contributed by atoms with Gasteiger partial charge in [0.2, 0.25) is 11.8 Å². The van der Waals surface area contributed by atoms with Crippen LogP contribution in [0.15, 0.2) is 12.3 Å². The number of rotatable bonds is 6. The summed E-state index contributed by atoms with van der Waals surface area (Å²) in [6.45, 7) is 0.880. The lowest BCUT2D eigenvalue weighted by molar-refractivity contribution is 0.276. The number of nitrogens with one attached hydrogen (secondary N) is 1. The smallest absolute Gasteiger partial charge is 0.225 e. The van der Waals surface area contributed by atoms with Crippen molar-refractivity contribution in [3.05, 3.63) is 12.3 Å². The molecule has 1 fully saturated rings. The van der Waals surface area contributed by atoms with Crippen LogP contribution in [-0.4, -0.2) is 48.7 Å². The molecule has 5 nitrogen and oxygen atoms in total. The van der Waals surface area contributed by atoms with Crippen molar-refractivity contribution in [3.63, 3.8) is 0 Å². The maximum absolute atomic E-state index is 5.07. The zero-order chi connectivity index (χ0) is 12.3. The lowest BCUT2D eigenvalue weighted by atomic mass is 10.1. The van der Waals surface area contributed by atoms with Gasteiger partial charge in [-0.05, 0) is 32.9 Å². The first-order valence-electron chi connectivity index (χ1n) is 5.98. The summed E-state index contributed by atoms with van der Waals surface area (Å²) in [6, 6.07) is 2.31. The Morgan fingerprint density at radius 1 is 1.53 bits per heavy atom. The predicted octanol–water partition coefficient (Wildman–Crippen LogP) is 1.24. The van der Waals surface area contributed by atoms with Crippen LogP contribution < -0.4 is 10.1 Å². The highest BCUT2D eigenvalue weighted by atomic mass is 16.5. The Hall–Kier alpha value is -1.36. The number of methoxy groups -OCH3 is 1. The molecule has 0 saturated heterocycles. The largest absolute Gasteiger partial charge is 0.481 e. The first-order valence-corrected chi connectivity index (χ1v) is 5.98. The zero-order valence-corrected chi connectivity index (χ0v) is 10.7. The van der Waals surface area contributed by atoms with Crippen LogP contribution in [0.5, 0.6) is 5.88 Å². The molecular formula is C12H20N4O. The molecule has 1 saturated carbocycles. The summed E-state index contributed by atoms with van der Waals surface area (Å²) in [6.07, 6.45) is 4.38. The molecule has 0 aliphatic heterocycles. The van der Waals surface area contributed by atoms with E-state index in [1.54, 1.807) is 19.4 Å². The molecule has 0 aromatic carbocycles. The second kappa shape index (κ2) is 5.31. The minimum atomic E-state index is 0.560. The molecule has 2 rings (SSSR count). The fourth-order valence-electron chi connectivity index (χ4n) is 1.99. The molecule has 17 heavy (non-hydrogen) atoms. The Balaban J connectivity index is 1.91. The highest BCUT2D eigenvalue weighted by molar-refractivity contribution is 5.27. The topological polar surface area (TPSA) is 50.3 Å². The molecule has 1 aromatic rings. The molecule has 0 radical (unpaired) electrons. The highest BCUT2D eigenvalue weighted by Crippen LogP contribution is 2.34. The summed E-state index contributed by atoms with van der Waals surface area (Å²) in [4.78, 5) is 10.7. The van der Waals surface area contributed by atoms with E-state index < -0.39 is 0 Å². The zero-order valence-electron chi connectivity index (χ0n) is 10.7. The van der Waals surface area contributed by atoms with Gasteiger partial charge in [0.05, 0.1) is 7.11 Å². The van der Waals surface area contributed by atoms with E-state index in [1.165, 1.54) is 12.8 Å². The molecule has 1 aliphatic carbocycles. The molecule has 1 atom stereocenters. The minimum absolute atomic E-state index is 0.560. The van der Waals surface area contributed by atoms with Gasteiger partial charge in [-0.2, -0.15) is 4.98 Å². The second-order valence-electron chi connectivity index (χ2n) is 4.67. The normalized spacial score (nSPS) is 16.9. The highest BCUT2D eigenvalue weighted by Gasteiger charge is 2.32. The molecule has 1 N–H and O–H groups in total. The van der Waals surface area contributed by atoms with Crippen molar-refractivity contribution in [2.45, 2.75) is 18.9 Å². The molecule has 1 aromatic heterocycles. The quantitative estimate of drug-likeness (QED) is 0.805. The average molecular weight is 236 g/mol. The Morgan fingerprint density at radius 2 is 2.29 bits per heavy atom. The van der Waals surface area contributed by atoms with Gasteiger partial charge in [0.25, 0.3) is 0 Å². The maximum Gasteiger partial charge on any atom is 0.225 e. The summed E-state index contributed by atoms with van der Waals surface area (Å²) < 4.78 is 5.07. The van der Waals surface area contributed by atoms with Crippen molar-refractivity contribution in [1.29, 1.82) is 0 Å². The summed E-state index contributed by atoms with van der Waals surface area (Å²) in [5.74, 6) is 2.05. The molecule has 5 heteroatoms. The van der Waals surface area contributed by atoms with Crippen LogP contribution in [-0.2, 0) is 0 Å². The summed E-state index contributed by atoms with van der Waals surface area (Å²) in [5, 5.41) is 3.28. The lowest BCUT2D eigenvalue weighted by Gasteiger charge is -2.24. The number of nitrogens with zero attached hydrogens (tertiary/aromatic N) is 3. The van der Waals surface area contributed by atoms with Crippen LogP contribution in [0, 0.1) is 5.92 Å². The van der Waals surface area contributed by atoms with Crippen molar-refractivity contribution >= 4 is 5.95 Å². The molecule has 0 amide bonds. The Morgan fingerprint density at radius 3 is 2.88 bits per heavy atom. The number of anilines is 1. The first kappa shape index (κ1) is 12.1. The summed E-state index contributed by atoms with van der Waals surface area (Å²) >= 11 is 0. The van der Waals surface area contributed by atoms with Gasteiger partial charge in [-0.25, -0.2) is 4.98 Å². The molecule has 1 aliphatic rings. The van der Waals surface area contributed by atoms with Crippen LogP contribution in [0.1, 0.15) is 12.8 Å². The van der Waals surface area contributed by atoms with E-state index in [2.05, 4.69) is 34.3 Å². The van der Waals surface area contributed by atoms with Gasteiger partial charge in [0.15, 0.2) is 0 Å². The summed E-state index contributed by atoms with van der Waals surface area (Å²) in [5.41, 5.74) is 0. The molecule has 0 bridgehead atoms. The third kappa shape index (κ3) is 3.30. The second-order valence-corrected chi connectivity index (χ2v) is 4.67. The first-order chi connectivity index (χ1) is 8.20. The SMILES string of the molecule is COc1ccnc(NCC(C2CC2)N(C)C)n1. The number of hydrogen-bond acceptors (Lipinski definition) is 5. The van der Waals surface area contributed by atoms with Gasteiger partial charge in [0, 0.05) is 24.8 Å². The van der Waals surface area contributed by atoms with Gasteiger partial charge < -0.3 is 15.0 Å². The Kier molecular flexibility index (Phi) is 3.78. The fraction of sp³-hybridized carbons (Fsp3) is 0.667. The maximum atomic E-state index is 5.07. The van der Waals surface area contributed by atoms with E-state index in [1.807, 2.05) is 0 Å². The van der Waals surface area contributed by atoms with Crippen LogP contribution in [0.2, 0.25) is 0 Å². The number of aromatic nitrogens is 2. The standard InChI is InChI=1S/C12H20N4O/c1-16(2)10(9-4-5-9)8-14-12-13-7-6-11(15-12)17-3/h6-7,9-10H,4-5,8H2,1-3H3,(H,13,14,15). The van der Waals surface area contributed by atoms with E-state index in [0.29, 0.717) is 17.9 Å². The minimum Gasteiger partial charge on any atom is -0.481 e. The van der Waals surface area contributed by atoms with Crippen molar-refractivity contribution in [3.8, 4) is 5.88 Å². The van der Waals surface area contributed by atoms with Gasteiger partial charge >= 0.3 is 0 Å². The van der Waals surface area contributed by atoms with E-state index >= 15 is 0 Å². The van der Waals surface area contributed by atoms with Gasteiger partial charge in [-0.15, -0.1) is 0 Å². The average Bonchev–Trinajstić information content (AvgIpc) is 3.13. The van der Waals surface area contributed by atoms with Gasteiger partial charge in [0.1, 0.15) is 0 Å². The molecule has 1 unspecified atom stereocenters. The van der Waals surface area contributed by atoms with E-state index in [0.717, 1.165) is 12.5 Å². The third-order valence-electron chi connectivity index (χ3n) is 3.14. The van der Waals surface area contributed by atoms with Crippen molar-refractivity contribution in [1.82, 2.24) is 14.9 Å². The van der Waals surface area contributed by atoms with Crippen molar-refractivity contribution < 1.29 is 4.74 Å². The lowest BCUT2D eigenvalue weighted by Crippen LogP contribution is -2.36. The van der Waals surface area contributed by atoms with Crippen LogP contribution >= 0.6 is 0 Å². The third-order valence-corrected chi connectivity index (χ3v) is 3.14. The fourth-order valence-corrected chi connectivity index (χ4v) is 1.99. The number of hydrogen-bond donors (Lipinski definition) is 1. The van der Waals surface area contributed by atoms with Crippen LogP contribution in [0.3, 0.4) is 0 Å². The molecule has 0 spiro atoms. The summed E-state index contributed by atoms with van der Waals surface area (Å²) in [7, 11) is 5.85. The van der Waals surface area contributed by atoms with E-state index in [4.69, 9.17) is 4.74 Å². The van der Waals surface area contributed by atoms with Gasteiger partial charge in [-0.3, -0.25) is 0 Å². The van der Waals surface area contributed by atoms with Crippen LogP contribution in [0.25, 0.3) is 0 Å². The predicted molar refractivity (Wildman–Crippen MR) is 67.3 cm³/mol. The molecule has 94 valence electrons. The Labute approximate surface area is 102 Å². The monoisotopic (exact) mass is 236 g/mol. The van der Waals surface area contributed by atoms with E-state index in [9.17, 15) is 0 Å². The van der Waals surface area contributed by atoms with Crippen molar-refractivity contribution in [2.75, 3.05) is 33.1 Å². The van der Waals surface area contributed by atoms with E-state index in [-0.39, 0.29) is 0 Å². The number of likely N-dealkylation sites (N-methyl/N-ethyl adjacent to an activating group) is 1.